The molecule has 0 unspecified atom stereocenters. The van der Waals surface area contributed by atoms with E-state index in [9.17, 15) is 4.79 Å². The van der Waals surface area contributed by atoms with Crippen LogP contribution in [0, 0.1) is 0 Å². The molecule has 0 saturated carbocycles. The number of nitrogens with two attached hydrogens (primary N) is 1. The van der Waals surface area contributed by atoms with Crippen LogP contribution in [0.5, 0.6) is 0 Å². The van der Waals surface area contributed by atoms with Crippen LogP contribution >= 0.6 is 15.9 Å². The Morgan fingerprint density at radius 1 is 1.10 bits per heavy atom. The number of aromatic nitrogens is 2. The molecule has 0 spiro atoms. The minimum atomic E-state index is -0.502. The van der Waals surface area contributed by atoms with Gasteiger partial charge in [-0.05, 0) is 24.3 Å². The van der Waals surface area contributed by atoms with Crippen LogP contribution in [0.2, 0.25) is 0 Å². The minimum Gasteiger partial charge on any atom is -0.366 e. The van der Waals surface area contributed by atoms with Gasteiger partial charge in [0.15, 0.2) is 0 Å². The first-order chi connectivity index (χ1) is 9.65. The number of nitrogens with zero attached hydrogens (tertiary/aromatic N) is 2. The van der Waals surface area contributed by atoms with Gasteiger partial charge in [-0.25, -0.2) is 4.98 Å². The third kappa shape index (κ3) is 2.28. The normalized spacial score (nSPS) is 10.7. The van der Waals surface area contributed by atoms with Gasteiger partial charge in [-0.15, -0.1) is 0 Å². The number of hydrogen-bond donors (Lipinski definition) is 1. The number of amides is 1. The Morgan fingerprint density at radius 3 is 2.55 bits per heavy atom. The molecule has 2 N–H and O–H groups in total. The highest BCUT2D eigenvalue weighted by atomic mass is 79.9. The summed E-state index contributed by atoms with van der Waals surface area (Å²) in [4.78, 5) is 20.3. The maximum absolute atomic E-state index is 11.5. The van der Waals surface area contributed by atoms with Crippen molar-refractivity contribution >= 4 is 32.9 Å². The second kappa shape index (κ2) is 5.02. The Labute approximate surface area is 123 Å². The van der Waals surface area contributed by atoms with E-state index in [0.29, 0.717) is 22.3 Å². The maximum atomic E-state index is 11.5. The Morgan fingerprint density at radius 2 is 1.85 bits per heavy atom. The monoisotopic (exact) mass is 327 g/mol. The van der Waals surface area contributed by atoms with Crippen LogP contribution in [-0.4, -0.2) is 15.9 Å². The summed E-state index contributed by atoms with van der Waals surface area (Å²) in [6, 6.07) is 12.9. The number of carbonyl (C=O) groups is 1. The van der Waals surface area contributed by atoms with Crippen LogP contribution in [0.4, 0.5) is 0 Å². The number of para-hydroxylation sites is 1. The minimum absolute atomic E-state index is 0.383. The highest BCUT2D eigenvalue weighted by Gasteiger charge is 2.10. The maximum Gasteiger partial charge on any atom is 0.250 e. The van der Waals surface area contributed by atoms with E-state index < -0.39 is 5.91 Å². The Kier molecular flexibility index (Phi) is 3.20. The SMILES string of the molecule is NC(=O)c1cccc2ncc(-c3ccc(Br)cc3)nc12. The number of carbonyl (C=O) groups excluding carboxylic acids is 1. The Balaban J connectivity index is 2.21. The molecule has 98 valence electrons. The topological polar surface area (TPSA) is 68.9 Å². The summed E-state index contributed by atoms with van der Waals surface area (Å²) in [5.41, 5.74) is 8.58. The first-order valence-electron chi connectivity index (χ1n) is 5.96. The predicted octanol–water partition coefficient (Wildman–Crippen LogP) is 3.16. The van der Waals surface area contributed by atoms with E-state index in [0.717, 1.165) is 10.0 Å². The second-order valence-electron chi connectivity index (χ2n) is 4.30. The van der Waals surface area contributed by atoms with Gasteiger partial charge in [0, 0.05) is 10.0 Å². The summed E-state index contributed by atoms with van der Waals surface area (Å²) >= 11 is 3.39. The smallest absolute Gasteiger partial charge is 0.250 e. The van der Waals surface area contributed by atoms with Crippen molar-refractivity contribution in [1.82, 2.24) is 9.97 Å². The number of fused-ring (bicyclic) bond motifs is 1. The largest absolute Gasteiger partial charge is 0.366 e. The van der Waals surface area contributed by atoms with E-state index >= 15 is 0 Å². The molecular weight excluding hydrogens is 318 g/mol. The van der Waals surface area contributed by atoms with Crippen molar-refractivity contribution in [3.8, 4) is 11.3 Å². The first kappa shape index (κ1) is 12.7. The third-order valence-corrected chi connectivity index (χ3v) is 3.51. The Bertz CT molecular complexity index is 800. The van der Waals surface area contributed by atoms with Gasteiger partial charge in [-0.1, -0.05) is 34.1 Å². The average Bonchev–Trinajstić information content (AvgIpc) is 2.46. The number of halogens is 1. The van der Waals surface area contributed by atoms with Crippen LogP contribution < -0.4 is 5.73 Å². The number of hydrogen-bond acceptors (Lipinski definition) is 3. The lowest BCUT2D eigenvalue weighted by Gasteiger charge is -2.05. The third-order valence-electron chi connectivity index (χ3n) is 2.98. The summed E-state index contributed by atoms with van der Waals surface area (Å²) in [5.74, 6) is -0.502. The van der Waals surface area contributed by atoms with E-state index in [1.54, 1.807) is 24.4 Å². The fraction of sp³-hybridized carbons (Fsp3) is 0. The molecule has 0 radical (unpaired) electrons. The van der Waals surface area contributed by atoms with Gasteiger partial charge >= 0.3 is 0 Å². The van der Waals surface area contributed by atoms with Crippen LogP contribution in [0.15, 0.2) is 53.1 Å². The van der Waals surface area contributed by atoms with Gasteiger partial charge < -0.3 is 5.73 Å². The van der Waals surface area contributed by atoms with E-state index in [-0.39, 0.29) is 0 Å². The lowest BCUT2D eigenvalue weighted by Crippen LogP contribution is -2.12. The summed E-state index contributed by atoms with van der Waals surface area (Å²) < 4.78 is 0.993. The molecule has 0 aliphatic rings. The predicted molar refractivity (Wildman–Crippen MR) is 81.2 cm³/mol. The van der Waals surface area contributed by atoms with Crippen molar-refractivity contribution in [3.05, 3.63) is 58.7 Å². The van der Waals surface area contributed by atoms with E-state index in [2.05, 4.69) is 25.9 Å². The van der Waals surface area contributed by atoms with Crippen molar-refractivity contribution < 1.29 is 4.79 Å². The van der Waals surface area contributed by atoms with Crippen molar-refractivity contribution in [1.29, 1.82) is 0 Å². The van der Waals surface area contributed by atoms with Crippen molar-refractivity contribution in [2.75, 3.05) is 0 Å². The molecule has 1 aromatic heterocycles. The molecule has 1 amide bonds. The zero-order valence-corrected chi connectivity index (χ0v) is 12.0. The summed E-state index contributed by atoms with van der Waals surface area (Å²) in [7, 11) is 0. The van der Waals surface area contributed by atoms with Crippen LogP contribution in [-0.2, 0) is 0 Å². The van der Waals surface area contributed by atoms with Gasteiger partial charge in [0.05, 0.1) is 23.0 Å². The van der Waals surface area contributed by atoms with Crippen LogP contribution in [0.25, 0.3) is 22.3 Å². The standard InChI is InChI=1S/C15H10BrN3O/c16-10-6-4-9(5-7-10)13-8-18-12-3-1-2-11(15(17)20)14(12)19-13/h1-8H,(H2,17,20). The second-order valence-corrected chi connectivity index (χ2v) is 5.22. The lowest BCUT2D eigenvalue weighted by atomic mass is 10.1. The summed E-state index contributed by atoms with van der Waals surface area (Å²) in [5, 5.41) is 0. The van der Waals surface area contributed by atoms with Crippen molar-refractivity contribution in [2.45, 2.75) is 0 Å². The molecule has 0 aliphatic carbocycles. The summed E-state index contributed by atoms with van der Waals surface area (Å²) in [6.07, 6.45) is 1.69. The highest BCUT2D eigenvalue weighted by Crippen LogP contribution is 2.22. The molecule has 0 fully saturated rings. The van der Waals surface area contributed by atoms with Gasteiger partial charge in [-0.3, -0.25) is 9.78 Å². The molecule has 5 heteroatoms. The number of rotatable bonds is 2. The fourth-order valence-corrected chi connectivity index (χ4v) is 2.26. The molecule has 0 bridgehead atoms. The Hall–Kier alpha value is -2.27. The van der Waals surface area contributed by atoms with Gasteiger partial charge in [0.2, 0.25) is 0 Å². The van der Waals surface area contributed by atoms with E-state index in [1.165, 1.54) is 0 Å². The van der Waals surface area contributed by atoms with Crippen LogP contribution in [0.1, 0.15) is 10.4 Å². The zero-order chi connectivity index (χ0) is 14.1. The van der Waals surface area contributed by atoms with Crippen molar-refractivity contribution in [3.63, 3.8) is 0 Å². The molecule has 3 rings (SSSR count). The fourth-order valence-electron chi connectivity index (χ4n) is 1.99. The van der Waals surface area contributed by atoms with Gasteiger partial charge in [0.25, 0.3) is 5.91 Å². The van der Waals surface area contributed by atoms with Gasteiger partial charge in [-0.2, -0.15) is 0 Å². The van der Waals surface area contributed by atoms with E-state index in [1.807, 2.05) is 24.3 Å². The molecule has 1 heterocycles. The molecule has 2 aromatic carbocycles. The molecule has 0 atom stereocenters. The summed E-state index contributed by atoms with van der Waals surface area (Å²) in [6.45, 7) is 0. The number of primary amides is 1. The molecule has 20 heavy (non-hydrogen) atoms. The molecular formula is C15H10BrN3O. The highest BCUT2D eigenvalue weighted by molar-refractivity contribution is 9.10. The number of benzene rings is 2. The zero-order valence-electron chi connectivity index (χ0n) is 10.4. The van der Waals surface area contributed by atoms with Crippen LogP contribution in [0.3, 0.4) is 0 Å². The average molecular weight is 328 g/mol. The molecule has 3 aromatic rings. The molecule has 0 aliphatic heterocycles. The first-order valence-corrected chi connectivity index (χ1v) is 6.76. The molecule has 4 nitrogen and oxygen atoms in total. The lowest BCUT2D eigenvalue weighted by molar-refractivity contribution is 0.100. The van der Waals surface area contributed by atoms with Crippen molar-refractivity contribution in [2.24, 2.45) is 5.73 Å². The quantitative estimate of drug-likeness (QED) is 0.786. The van der Waals surface area contributed by atoms with E-state index in [4.69, 9.17) is 5.73 Å². The molecule has 0 saturated heterocycles. The van der Waals surface area contributed by atoms with Gasteiger partial charge in [0.1, 0.15) is 5.52 Å².